The Labute approximate surface area is 185 Å². The van der Waals surface area contributed by atoms with Gasteiger partial charge in [-0.1, -0.05) is 0 Å². The van der Waals surface area contributed by atoms with Crippen LogP contribution in [-0.2, 0) is 0 Å². The van der Waals surface area contributed by atoms with Crippen LogP contribution in [0.15, 0.2) is 42.7 Å². The molecule has 4 aromatic heterocycles. The van der Waals surface area contributed by atoms with Gasteiger partial charge in [0.2, 0.25) is 0 Å². The maximum absolute atomic E-state index is 6.30. The molecule has 5 heterocycles. The van der Waals surface area contributed by atoms with Crippen molar-refractivity contribution < 1.29 is 4.74 Å². The number of aryl methyl sites for hydroxylation is 3. The molecule has 1 aliphatic heterocycles. The summed E-state index contributed by atoms with van der Waals surface area (Å²) in [5, 5.41) is 7.91. The summed E-state index contributed by atoms with van der Waals surface area (Å²) < 4.78 is 8.16. The van der Waals surface area contributed by atoms with Crippen molar-refractivity contribution in [1.82, 2.24) is 24.6 Å². The van der Waals surface area contributed by atoms with Crippen molar-refractivity contribution >= 4 is 28.9 Å². The van der Waals surface area contributed by atoms with E-state index >= 15 is 0 Å². The number of thioether (sulfide) groups is 1. The molecule has 0 bridgehead atoms. The lowest BCUT2D eigenvalue weighted by Crippen LogP contribution is -2.15. The van der Waals surface area contributed by atoms with Gasteiger partial charge in [-0.05, 0) is 56.7 Å². The van der Waals surface area contributed by atoms with Crippen molar-refractivity contribution in [3.63, 3.8) is 0 Å². The highest BCUT2D eigenvalue weighted by Crippen LogP contribution is 2.33. The molecule has 0 aliphatic carbocycles. The molecular formula is C23H24N6OS. The quantitative estimate of drug-likeness (QED) is 0.488. The number of aromatic nitrogens is 5. The lowest BCUT2D eigenvalue weighted by molar-refractivity contribution is 0.229. The molecule has 1 aliphatic rings. The topological polar surface area (TPSA) is 77.2 Å². The fourth-order valence-corrected chi connectivity index (χ4v) is 4.88. The third-order valence-electron chi connectivity index (χ3n) is 5.18. The standard InChI is InChI=1S/C23H24N6OS/c1-14-8-20(21(12-24-14)30-19-5-7-31-13-19)17-4-6-29-18(10-17)11-23(28-29)27-22-9-15(2)25-16(3)26-22/h4,6,8-12,19H,5,7,13H2,1-3H3,(H,25,26,27,28). The van der Waals surface area contributed by atoms with Crippen molar-refractivity contribution in [3.8, 4) is 16.9 Å². The Bertz CT molecular complexity index is 1230. The number of fused-ring (bicyclic) bond motifs is 1. The van der Waals surface area contributed by atoms with E-state index in [9.17, 15) is 0 Å². The third-order valence-corrected chi connectivity index (χ3v) is 6.31. The normalized spacial score (nSPS) is 16.0. The molecule has 1 atom stereocenters. The number of hydrogen-bond donors (Lipinski definition) is 1. The highest BCUT2D eigenvalue weighted by molar-refractivity contribution is 7.99. The Morgan fingerprint density at radius 2 is 1.97 bits per heavy atom. The van der Waals surface area contributed by atoms with Crippen LogP contribution in [0.1, 0.15) is 23.6 Å². The molecule has 0 radical (unpaired) electrons. The van der Waals surface area contributed by atoms with Crippen molar-refractivity contribution in [2.75, 3.05) is 16.8 Å². The molecule has 0 spiro atoms. The Balaban J connectivity index is 1.47. The van der Waals surface area contributed by atoms with Crippen LogP contribution in [0.3, 0.4) is 0 Å². The smallest absolute Gasteiger partial charge is 0.154 e. The van der Waals surface area contributed by atoms with Crippen molar-refractivity contribution in [2.45, 2.75) is 33.3 Å². The molecule has 158 valence electrons. The predicted octanol–water partition coefficient (Wildman–Crippen LogP) is 4.74. The second kappa shape index (κ2) is 8.19. The summed E-state index contributed by atoms with van der Waals surface area (Å²) >= 11 is 1.94. The minimum Gasteiger partial charge on any atom is -0.487 e. The maximum atomic E-state index is 6.30. The van der Waals surface area contributed by atoms with Gasteiger partial charge in [-0.15, -0.1) is 0 Å². The zero-order valence-electron chi connectivity index (χ0n) is 17.8. The summed E-state index contributed by atoms with van der Waals surface area (Å²) in [7, 11) is 0. The van der Waals surface area contributed by atoms with E-state index in [1.807, 2.05) is 61.6 Å². The number of hydrogen-bond acceptors (Lipinski definition) is 7. The van der Waals surface area contributed by atoms with Gasteiger partial charge in [0.25, 0.3) is 0 Å². The highest BCUT2D eigenvalue weighted by Gasteiger charge is 2.19. The van der Waals surface area contributed by atoms with E-state index in [1.54, 1.807) is 0 Å². The minimum atomic E-state index is 0.252. The first kappa shape index (κ1) is 19.8. The first-order valence-electron chi connectivity index (χ1n) is 10.3. The minimum absolute atomic E-state index is 0.252. The summed E-state index contributed by atoms with van der Waals surface area (Å²) in [5.41, 5.74) is 5.01. The van der Waals surface area contributed by atoms with Crippen LogP contribution in [0, 0.1) is 20.8 Å². The van der Waals surface area contributed by atoms with Crippen LogP contribution >= 0.6 is 11.8 Å². The van der Waals surface area contributed by atoms with Crippen LogP contribution in [0.4, 0.5) is 11.6 Å². The van der Waals surface area contributed by atoms with Gasteiger partial charge in [-0.2, -0.15) is 16.9 Å². The lowest BCUT2D eigenvalue weighted by atomic mass is 10.1. The van der Waals surface area contributed by atoms with E-state index in [-0.39, 0.29) is 6.10 Å². The van der Waals surface area contributed by atoms with Gasteiger partial charge in [0, 0.05) is 41.0 Å². The molecule has 0 aromatic carbocycles. The number of anilines is 2. The van der Waals surface area contributed by atoms with E-state index < -0.39 is 0 Å². The third kappa shape index (κ3) is 4.34. The summed E-state index contributed by atoms with van der Waals surface area (Å²) in [4.78, 5) is 13.2. The zero-order valence-corrected chi connectivity index (χ0v) is 18.6. The summed E-state index contributed by atoms with van der Waals surface area (Å²) in [5.74, 6) is 5.24. The molecular weight excluding hydrogens is 408 g/mol. The average molecular weight is 433 g/mol. The Morgan fingerprint density at radius 3 is 2.77 bits per heavy atom. The van der Waals surface area contributed by atoms with Gasteiger partial charge >= 0.3 is 0 Å². The van der Waals surface area contributed by atoms with Crippen LogP contribution in [-0.4, -0.2) is 42.2 Å². The van der Waals surface area contributed by atoms with E-state index in [4.69, 9.17) is 4.74 Å². The molecule has 1 N–H and O–H groups in total. The van der Waals surface area contributed by atoms with Crippen LogP contribution in [0.2, 0.25) is 0 Å². The summed E-state index contributed by atoms with van der Waals surface area (Å²) in [6.07, 6.45) is 5.15. The largest absolute Gasteiger partial charge is 0.487 e. The SMILES string of the molecule is Cc1cc(-c2ccn3nc(Nc4cc(C)nc(C)n4)cc3c2)c(OC2CCSC2)cn1. The maximum Gasteiger partial charge on any atom is 0.154 e. The predicted molar refractivity (Wildman–Crippen MR) is 124 cm³/mol. The molecule has 7 nitrogen and oxygen atoms in total. The zero-order chi connectivity index (χ0) is 21.4. The first-order chi connectivity index (χ1) is 15.0. The van der Waals surface area contributed by atoms with Gasteiger partial charge in [0.15, 0.2) is 5.82 Å². The monoisotopic (exact) mass is 432 g/mol. The highest BCUT2D eigenvalue weighted by atomic mass is 32.2. The first-order valence-corrected chi connectivity index (χ1v) is 11.5. The molecule has 5 rings (SSSR count). The second-order valence-corrected chi connectivity index (χ2v) is 8.96. The molecule has 1 fully saturated rings. The van der Waals surface area contributed by atoms with Crippen molar-refractivity contribution in [3.05, 3.63) is 59.9 Å². The second-order valence-electron chi connectivity index (χ2n) is 7.81. The van der Waals surface area contributed by atoms with E-state index in [2.05, 4.69) is 43.6 Å². The van der Waals surface area contributed by atoms with Crippen LogP contribution in [0.25, 0.3) is 16.6 Å². The molecule has 31 heavy (non-hydrogen) atoms. The van der Waals surface area contributed by atoms with Crippen molar-refractivity contribution in [1.29, 1.82) is 0 Å². The number of pyridine rings is 2. The van der Waals surface area contributed by atoms with E-state index in [1.165, 1.54) is 0 Å². The van der Waals surface area contributed by atoms with Gasteiger partial charge < -0.3 is 10.1 Å². The molecule has 8 heteroatoms. The molecule has 4 aromatic rings. The van der Waals surface area contributed by atoms with Gasteiger partial charge in [0.05, 0.1) is 11.7 Å². The number of nitrogens with one attached hydrogen (secondary N) is 1. The van der Waals surface area contributed by atoms with Gasteiger partial charge in [-0.25, -0.2) is 14.5 Å². The summed E-state index contributed by atoms with van der Waals surface area (Å²) in [6, 6.07) is 10.2. The van der Waals surface area contributed by atoms with Gasteiger partial charge in [-0.3, -0.25) is 4.98 Å². The summed E-state index contributed by atoms with van der Waals surface area (Å²) in [6.45, 7) is 5.84. The average Bonchev–Trinajstić information content (AvgIpc) is 3.37. The number of ether oxygens (including phenoxy) is 1. The van der Waals surface area contributed by atoms with Crippen LogP contribution < -0.4 is 10.1 Å². The molecule has 1 unspecified atom stereocenters. The molecule has 1 saturated heterocycles. The lowest BCUT2D eigenvalue weighted by Gasteiger charge is -2.16. The number of nitrogens with zero attached hydrogens (tertiary/aromatic N) is 5. The van der Waals surface area contributed by atoms with Crippen LogP contribution in [0.5, 0.6) is 5.75 Å². The molecule has 0 amide bonds. The fraction of sp³-hybridized carbons (Fsp3) is 0.304. The van der Waals surface area contributed by atoms with E-state index in [0.29, 0.717) is 0 Å². The fourth-order valence-electron chi connectivity index (χ4n) is 3.79. The number of rotatable bonds is 5. The Hall–Kier alpha value is -3.13. The Kier molecular flexibility index (Phi) is 5.23. The molecule has 0 saturated carbocycles. The van der Waals surface area contributed by atoms with Gasteiger partial charge in [0.1, 0.15) is 23.5 Å². The Morgan fingerprint density at radius 1 is 1.06 bits per heavy atom. The van der Waals surface area contributed by atoms with Crippen molar-refractivity contribution in [2.24, 2.45) is 0 Å². The van der Waals surface area contributed by atoms with E-state index in [0.717, 1.165) is 69.2 Å².